The van der Waals surface area contributed by atoms with Gasteiger partial charge in [0.2, 0.25) is 5.91 Å². The van der Waals surface area contributed by atoms with E-state index in [0.717, 1.165) is 27.1 Å². The van der Waals surface area contributed by atoms with E-state index in [9.17, 15) is 9.59 Å². The summed E-state index contributed by atoms with van der Waals surface area (Å²) >= 11 is 4.67. The van der Waals surface area contributed by atoms with Crippen LogP contribution in [0.25, 0.3) is 11.0 Å². The fourth-order valence-corrected chi connectivity index (χ4v) is 4.20. The van der Waals surface area contributed by atoms with Gasteiger partial charge < -0.3 is 15.6 Å². The van der Waals surface area contributed by atoms with Crippen molar-refractivity contribution in [2.75, 3.05) is 0 Å². The first-order chi connectivity index (χ1) is 13.3. The zero-order valence-corrected chi connectivity index (χ0v) is 18.4. The first-order valence-corrected chi connectivity index (χ1v) is 10.8. The Morgan fingerprint density at radius 3 is 2.54 bits per heavy atom. The number of amides is 2. The number of nitrogens with zero attached hydrogens (tertiary/aromatic N) is 1. The number of benzene rings is 1. The number of carbonyl (C=O) groups excluding carboxylic acids is 2. The van der Waals surface area contributed by atoms with Crippen LogP contribution in [0.2, 0.25) is 0 Å². The molecule has 0 spiro atoms. The highest BCUT2D eigenvalue weighted by Gasteiger charge is 2.24. The van der Waals surface area contributed by atoms with E-state index in [1.165, 1.54) is 11.3 Å². The topological polar surface area (TPSA) is 86.9 Å². The van der Waals surface area contributed by atoms with Crippen LogP contribution in [0, 0.1) is 5.92 Å². The largest absolute Gasteiger partial charge is 0.344 e. The molecule has 148 valence electrons. The van der Waals surface area contributed by atoms with Crippen molar-refractivity contribution >= 4 is 50.1 Å². The van der Waals surface area contributed by atoms with E-state index in [-0.39, 0.29) is 17.9 Å². The van der Waals surface area contributed by atoms with Gasteiger partial charge in [0.25, 0.3) is 5.91 Å². The van der Waals surface area contributed by atoms with E-state index < -0.39 is 6.04 Å². The Bertz CT molecular complexity index is 948. The Hall–Kier alpha value is -2.19. The summed E-state index contributed by atoms with van der Waals surface area (Å²) in [5.74, 6) is 0.591. The number of carbonyl (C=O) groups is 2. The lowest BCUT2D eigenvalue weighted by molar-refractivity contribution is -0.123. The molecule has 0 saturated carbocycles. The predicted molar refractivity (Wildman–Crippen MR) is 115 cm³/mol. The van der Waals surface area contributed by atoms with Crippen molar-refractivity contribution in [1.82, 2.24) is 20.6 Å². The van der Waals surface area contributed by atoms with Crippen LogP contribution in [0.4, 0.5) is 0 Å². The summed E-state index contributed by atoms with van der Waals surface area (Å²) in [6.45, 7) is 5.88. The molecule has 1 aromatic carbocycles. The van der Waals surface area contributed by atoms with Crippen molar-refractivity contribution in [1.29, 1.82) is 0 Å². The molecule has 2 heterocycles. The van der Waals surface area contributed by atoms with Crippen LogP contribution < -0.4 is 10.6 Å². The van der Waals surface area contributed by atoms with Gasteiger partial charge in [-0.3, -0.25) is 9.59 Å². The molecule has 2 amide bonds. The van der Waals surface area contributed by atoms with Gasteiger partial charge in [-0.1, -0.05) is 26.0 Å². The number of thiophene rings is 1. The zero-order valence-electron chi connectivity index (χ0n) is 16.0. The lowest BCUT2D eigenvalue weighted by atomic mass is 10.0. The lowest BCUT2D eigenvalue weighted by Crippen LogP contribution is -2.46. The molecule has 3 N–H and O–H groups in total. The smallest absolute Gasteiger partial charge is 0.262 e. The van der Waals surface area contributed by atoms with Gasteiger partial charge in [-0.15, -0.1) is 11.3 Å². The summed E-state index contributed by atoms with van der Waals surface area (Å²) in [7, 11) is 0. The van der Waals surface area contributed by atoms with Gasteiger partial charge >= 0.3 is 0 Å². The van der Waals surface area contributed by atoms with Crippen LogP contribution in [-0.4, -0.2) is 27.8 Å². The molecule has 28 heavy (non-hydrogen) atoms. The molecule has 0 bridgehead atoms. The van der Waals surface area contributed by atoms with Crippen LogP contribution >= 0.6 is 27.3 Å². The highest BCUT2D eigenvalue weighted by molar-refractivity contribution is 9.11. The van der Waals surface area contributed by atoms with Crippen LogP contribution in [0.15, 0.2) is 40.2 Å². The maximum absolute atomic E-state index is 12.7. The number of fused-ring (bicyclic) bond motifs is 1. The molecule has 0 saturated heterocycles. The quantitative estimate of drug-likeness (QED) is 0.485. The minimum atomic E-state index is -0.660. The summed E-state index contributed by atoms with van der Waals surface area (Å²) in [4.78, 5) is 33.5. The van der Waals surface area contributed by atoms with E-state index in [4.69, 9.17) is 0 Å². The number of hydrogen-bond acceptors (Lipinski definition) is 4. The van der Waals surface area contributed by atoms with Crippen LogP contribution in [0.3, 0.4) is 0 Å². The van der Waals surface area contributed by atoms with E-state index in [1.54, 1.807) is 13.0 Å². The molecule has 0 aliphatic carbocycles. The Balaban J connectivity index is 1.70. The van der Waals surface area contributed by atoms with Crippen molar-refractivity contribution in [3.05, 3.63) is 50.9 Å². The number of aromatic amines is 1. The lowest BCUT2D eigenvalue weighted by Gasteiger charge is -2.21. The molecule has 0 radical (unpaired) electrons. The number of nitrogens with one attached hydrogen (secondary N) is 3. The molecule has 6 nitrogen and oxygen atoms in total. The van der Waals surface area contributed by atoms with Crippen molar-refractivity contribution in [3.63, 3.8) is 0 Å². The molecule has 3 rings (SSSR count). The molecule has 2 atom stereocenters. The van der Waals surface area contributed by atoms with Gasteiger partial charge in [0.15, 0.2) is 0 Å². The van der Waals surface area contributed by atoms with Crippen LogP contribution in [-0.2, 0) is 4.79 Å². The number of imidazole rings is 1. The molecule has 2 aromatic heterocycles. The number of H-pyrrole nitrogens is 1. The van der Waals surface area contributed by atoms with Gasteiger partial charge in [-0.05, 0) is 59.5 Å². The molecule has 0 aliphatic rings. The van der Waals surface area contributed by atoms with Gasteiger partial charge in [0, 0.05) is 0 Å². The minimum Gasteiger partial charge on any atom is -0.344 e. The molecule has 0 aliphatic heterocycles. The second kappa shape index (κ2) is 8.87. The predicted octanol–water partition coefficient (Wildman–Crippen LogP) is 4.41. The van der Waals surface area contributed by atoms with Crippen LogP contribution in [0.1, 0.15) is 48.7 Å². The molecule has 8 heteroatoms. The van der Waals surface area contributed by atoms with Crippen molar-refractivity contribution in [2.24, 2.45) is 5.92 Å². The van der Waals surface area contributed by atoms with E-state index in [1.807, 2.05) is 30.3 Å². The van der Waals surface area contributed by atoms with E-state index in [0.29, 0.717) is 10.8 Å². The average Bonchev–Trinajstić information content (AvgIpc) is 3.26. The molecule has 2 unspecified atom stereocenters. The molecule has 0 fully saturated rings. The number of aromatic nitrogens is 2. The first kappa shape index (κ1) is 20.5. The van der Waals surface area contributed by atoms with Crippen molar-refractivity contribution in [3.8, 4) is 0 Å². The second-order valence-corrected chi connectivity index (χ2v) is 9.59. The number of para-hydroxylation sites is 2. The van der Waals surface area contributed by atoms with E-state index >= 15 is 0 Å². The Kier molecular flexibility index (Phi) is 6.51. The standard InChI is InChI=1S/C20H23BrN4O2S/c1-11(2)10-15(18-23-13-6-4-5-7-14(13)24-18)25-19(26)12(3)22-20(27)16-8-9-17(21)28-16/h4-9,11-12,15H,10H2,1-3H3,(H,22,27)(H,23,24)(H,25,26). The third-order valence-corrected chi connectivity index (χ3v) is 5.92. The normalized spacial score (nSPS) is 13.5. The summed E-state index contributed by atoms with van der Waals surface area (Å²) in [6.07, 6.45) is 0.740. The Labute approximate surface area is 176 Å². The zero-order chi connectivity index (χ0) is 20.3. The van der Waals surface area contributed by atoms with Gasteiger partial charge in [-0.2, -0.15) is 0 Å². The minimum absolute atomic E-state index is 0.241. The first-order valence-electron chi connectivity index (χ1n) is 9.14. The maximum atomic E-state index is 12.7. The van der Waals surface area contributed by atoms with E-state index in [2.05, 4.69) is 50.4 Å². The highest BCUT2D eigenvalue weighted by Crippen LogP contribution is 2.23. The summed E-state index contributed by atoms with van der Waals surface area (Å²) in [5, 5.41) is 5.79. The highest BCUT2D eigenvalue weighted by atomic mass is 79.9. The maximum Gasteiger partial charge on any atom is 0.262 e. The monoisotopic (exact) mass is 462 g/mol. The fourth-order valence-electron chi connectivity index (χ4n) is 2.91. The third-order valence-electron chi connectivity index (χ3n) is 4.30. The SMILES string of the molecule is CC(C)CC(NC(=O)C(C)NC(=O)c1ccc(Br)s1)c1nc2ccccc2[nH]1. The van der Waals surface area contributed by atoms with Gasteiger partial charge in [-0.25, -0.2) is 4.98 Å². The Morgan fingerprint density at radius 2 is 1.89 bits per heavy atom. The molecular formula is C20H23BrN4O2S. The molecule has 3 aromatic rings. The summed E-state index contributed by atoms with van der Waals surface area (Å²) in [5.41, 5.74) is 1.80. The van der Waals surface area contributed by atoms with Gasteiger partial charge in [0.05, 0.1) is 25.7 Å². The Morgan fingerprint density at radius 1 is 1.14 bits per heavy atom. The number of rotatable bonds is 7. The van der Waals surface area contributed by atoms with Gasteiger partial charge in [0.1, 0.15) is 11.9 Å². The average molecular weight is 463 g/mol. The summed E-state index contributed by atoms with van der Waals surface area (Å²) in [6, 6.07) is 10.4. The summed E-state index contributed by atoms with van der Waals surface area (Å²) < 4.78 is 0.872. The fraction of sp³-hybridized carbons (Fsp3) is 0.350. The van der Waals surface area contributed by atoms with Crippen molar-refractivity contribution in [2.45, 2.75) is 39.3 Å². The molecular weight excluding hydrogens is 440 g/mol. The number of hydrogen-bond donors (Lipinski definition) is 3. The van der Waals surface area contributed by atoms with Crippen molar-refractivity contribution < 1.29 is 9.59 Å². The number of halogens is 1. The third kappa shape index (κ3) is 4.99. The second-order valence-electron chi connectivity index (χ2n) is 7.13. The van der Waals surface area contributed by atoms with Crippen LogP contribution in [0.5, 0.6) is 0 Å².